The van der Waals surface area contributed by atoms with Gasteiger partial charge in [-0.05, 0) is 25.7 Å². The molecule has 1 fully saturated rings. The van der Waals surface area contributed by atoms with Crippen LogP contribution in [0.4, 0.5) is 18.9 Å². The van der Waals surface area contributed by atoms with Crippen molar-refractivity contribution in [2.75, 3.05) is 19.5 Å². The first-order valence-electron chi connectivity index (χ1n) is 6.98. The van der Waals surface area contributed by atoms with E-state index in [0.717, 1.165) is 5.69 Å². The molecule has 1 N–H and O–H groups in total. The molecule has 0 heterocycles. The summed E-state index contributed by atoms with van der Waals surface area (Å²) in [5, 5.41) is 3.27. The first-order valence-corrected chi connectivity index (χ1v) is 6.98. The predicted octanol–water partition coefficient (Wildman–Crippen LogP) is 4.24. The van der Waals surface area contributed by atoms with Crippen LogP contribution in [0.1, 0.15) is 25.7 Å². The van der Waals surface area contributed by atoms with Crippen LogP contribution in [0.3, 0.4) is 0 Å². The smallest absolute Gasteiger partial charge is 0.391 e. The zero-order chi connectivity index (χ0) is 15.5. The quantitative estimate of drug-likeness (QED) is 0.902. The van der Waals surface area contributed by atoms with E-state index in [2.05, 4.69) is 5.32 Å². The summed E-state index contributed by atoms with van der Waals surface area (Å²) < 4.78 is 48.3. The van der Waals surface area contributed by atoms with Crippen molar-refractivity contribution < 1.29 is 22.6 Å². The van der Waals surface area contributed by atoms with Gasteiger partial charge < -0.3 is 14.8 Å². The van der Waals surface area contributed by atoms with Gasteiger partial charge in [-0.25, -0.2) is 0 Å². The molecule has 1 saturated carbocycles. The van der Waals surface area contributed by atoms with Gasteiger partial charge in [-0.2, -0.15) is 13.2 Å². The van der Waals surface area contributed by atoms with Crippen molar-refractivity contribution in [3.8, 4) is 11.5 Å². The monoisotopic (exact) mass is 303 g/mol. The second-order valence-electron chi connectivity index (χ2n) is 5.34. The fourth-order valence-electron chi connectivity index (χ4n) is 2.69. The summed E-state index contributed by atoms with van der Waals surface area (Å²) in [7, 11) is 3.13. The maximum Gasteiger partial charge on any atom is 0.391 e. The van der Waals surface area contributed by atoms with Gasteiger partial charge in [0, 0.05) is 29.9 Å². The van der Waals surface area contributed by atoms with Crippen LogP contribution in [0.15, 0.2) is 18.2 Å². The van der Waals surface area contributed by atoms with E-state index in [1.807, 2.05) is 12.1 Å². The standard InChI is InChI=1S/C15H20F3NO2/c1-20-13-7-12(8-14(9-13)21-2)19-11-5-3-10(4-6-11)15(16,17)18/h7-11,19H,3-6H2,1-2H3. The Balaban J connectivity index is 1.97. The number of hydrogen-bond donors (Lipinski definition) is 1. The summed E-state index contributed by atoms with van der Waals surface area (Å²) in [6.07, 6.45) is -2.66. The topological polar surface area (TPSA) is 30.5 Å². The average molecular weight is 303 g/mol. The normalized spacial score (nSPS) is 22.7. The molecule has 1 aromatic rings. The van der Waals surface area contributed by atoms with Gasteiger partial charge in [0.15, 0.2) is 0 Å². The van der Waals surface area contributed by atoms with E-state index < -0.39 is 12.1 Å². The summed E-state index contributed by atoms with van der Waals surface area (Å²) in [5.41, 5.74) is 0.807. The number of hydrogen-bond acceptors (Lipinski definition) is 3. The van der Waals surface area contributed by atoms with Gasteiger partial charge in [-0.15, -0.1) is 0 Å². The van der Waals surface area contributed by atoms with Gasteiger partial charge in [0.1, 0.15) is 11.5 Å². The molecule has 0 aliphatic heterocycles. The summed E-state index contributed by atoms with van der Waals surface area (Å²) in [6.45, 7) is 0. The lowest BCUT2D eigenvalue weighted by molar-refractivity contribution is -0.182. The van der Waals surface area contributed by atoms with Crippen molar-refractivity contribution in [3.05, 3.63) is 18.2 Å². The third-order valence-electron chi connectivity index (χ3n) is 3.91. The van der Waals surface area contributed by atoms with Crippen molar-refractivity contribution in [1.29, 1.82) is 0 Å². The number of ether oxygens (including phenoxy) is 2. The summed E-state index contributed by atoms with van der Waals surface area (Å²) in [6, 6.07) is 5.45. The Bertz CT molecular complexity index is 446. The van der Waals surface area contributed by atoms with E-state index in [4.69, 9.17) is 9.47 Å². The lowest BCUT2D eigenvalue weighted by Crippen LogP contribution is -2.32. The molecule has 6 heteroatoms. The molecule has 2 rings (SSSR count). The molecule has 0 amide bonds. The molecule has 1 aliphatic rings. The van der Waals surface area contributed by atoms with E-state index >= 15 is 0 Å². The van der Waals surface area contributed by atoms with Crippen molar-refractivity contribution in [3.63, 3.8) is 0 Å². The number of rotatable bonds is 4. The predicted molar refractivity (Wildman–Crippen MR) is 75.0 cm³/mol. The fourth-order valence-corrected chi connectivity index (χ4v) is 2.69. The molecule has 21 heavy (non-hydrogen) atoms. The third kappa shape index (κ3) is 4.19. The first kappa shape index (κ1) is 15.8. The molecule has 1 aromatic carbocycles. The Kier molecular flexibility index (Phi) is 4.85. The Morgan fingerprint density at radius 3 is 1.90 bits per heavy atom. The molecule has 1 aliphatic carbocycles. The molecular formula is C15H20F3NO2. The largest absolute Gasteiger partial charge is 0.497 e. The molecule has 0 atom stereocenters. The molecule has 0 unspecified atom stereocenters. The third-order valence-corrected chi connectivity index (χ3v) is 3.91. The van der Waals surface area contributed by atoms with Gasteiger partial charge in [0.2, 0.25) is 0 Å². The number of anilines is 1. The van der Waals surface area contributed by atoms with Crippen LogP contribution in [-0.2, 0) is 0 Å². The van der Waals surface area contributed by atoms with Crippen molar-refractivity contribution in [1.82, 2.24) is 0 Å². The minimum atomic E-state index is -4.07. The van der Waals surface area contributed by atoms with Crippen LogP contribution in [0, 0.1) is 5.92 Å². The fraction of sp³-hybridized carbons (Fsp3) is 0.600. The van der Waals surface area contributed by atoms with E-state index in [1.54, 1.807) is 20.3 Å². The minimum absolute atomic E-state index is 0.0559. The Morgan fingerprint density at radius 2 is 1.48 bits per heavy atom. The maximum absolute atomic E-state index is 12.6. The van der Waals surface area contributed by atoms with Crippen molar-refractivity contribution in [2.24, 2.45) is 5.92 Å². The van der Waals surface area contributed by atoms with Gasteiger partial charge in [-0.3, -0.25) is 0 Å². The van der Waals surface area contributed by atoms with E-state index in [1.165, 1.54) is 0 Å². The minimum Gasteiger partial charge on any atom is -0.497 e. The van der Waals surface area contributed by atoms with Crippen LogP contribution in [0.25, 0.3) is 0 Å². The SMILES string of the molecule is COc1cc(NC2CCC(C(F)(F)F)CC2)cc(OC)c1. The Hall–Kier alpha value is -1.59. The van der Waals surface area contributed by atoms with Gasteiger partial charge in [-0.1, -0.05) is 0 Å². The number of benzene rings is 1. The molecule has 0 aromatic heterocycles. The Labute approximate surface area is 122 Å². The highest BCUT2D eigenvalue weighted by Gasteiger charge is 2.41. The molecule has 0 bridgehead atoms. The van der Waals surface area contributed by atoms with Crippen LogP contribution in [-0.4, -0.2) is 26.4 Å². The molecule has 0 spiro atoms. The van der Waals surface area contributed by atoms with Crippen molar-refractivity contribution >= 4 is 5.69 Å². The molecular weight excluding hydrogens is 283 g/mol. The number of methoxy groups -OCH3 is 2. The Morgan fingerprint density at radius 1 is 0.952 bits per heavy atom. The van der Waals surface area contributed by atoms with Crippen LogP contribution >= 0.6 is 0 Å². The highest BCUT2D eigenvalue weighted by Crippen LogP contribution is 2.38. The average Bonchev–Trinajstić information content (AvgIpc) is 2.46. The zero-order valence-electron chi connectivity index (χ0n) is 12.2. The second-order valence-corrected chi connectivity index (χ2v) is 5.34. The molecule has 118 valence electrons. The highest BCUT2D eigenvalue weighted by atomic mass is 19.4. The molecule has 0 radical (unpaired) electrons. The van der Waals surface area contributed by atoms with E-state index in [-0.39, 0.29) is 18.9 Å². The number of nitrogens with one attached hydrogen (secondary N) is 1. The summed E-state index contributed by atoms with van der Waals surface area (Å²) in [5.74, 6) is 0.150. The number of alkyl halides is 3. The number of halogens is 3. The van der Waals surface area contributed by atoms with Gasteiger partial charge in [0.25, 0.3) is 0 Å². The van der Waals surface area contributed by atoms with Gasteiger partial charge in [0.05, 0.1) is 20.1 Å². The van der Waals surface area contributed by atoms with Crippen LogP contribution < -0.4 is 14.8 Å². The second kappa shape index (κ2) is 6.45. The lowest BCUT2D eigenvalue weighted by atomic mass is 9.85. The van der Waals surface area contributed by atoms with E-state index in [0.29, 0.717) is 24.3 Å². The lowest BCUT2D eigenvalue weighted by Gasteiger charge is -2.31. The van der Waals surface area contributed by atoms with Crippen molar-refractivity contribution in [2.45, 2.75) is 37.9 Å². The zero-order valence-corrected chi connectivity index (χ0v) is 12.2. The summed E-state index contributed by atoms with van der Waals surface area (Å²) >= 11 is 0. The van der Waals surface area contributed by atoms with Gasteiger partial charge >= 0.3 is 6.18 Å². The van der Waals surface area contributed by atoms with Crippen LogP contribution in [0.2, 0.25) is 0 Å². The summed E-state index contributed by atoms with van der Waals surface area (Å²) in [4.78, 5) is 0. The molecule has 3 nitrogen and oxygen atoms in total. The first-order chi connectivity index (χ1) is 9.92. The van der Waals surface area contributed by atoms with E-state index in [9.17, 15) is 13.2 Å². The maximum atomic E-state index is 12.6. The highest BCUT2D eigenvalue weighted by molar-refractivity contribution is 5.54. The molecule has 0 saturated heterocycles. The van der Waals surface area contributed by atoms with Crippen LogP contribution in [0.5, 0.6) is 11.5 Å².